The minimum Gasteiger partial charge on any atom is -0.381 e. The molecule has 3 heterocycles. The summed E-state index contributed by atoms with van der Waals surface area (Å²) in [6.45, 7) is 1.12. The van der Waals surface area contributed by atoms with Crippen molar-refractivity contribution >= 4 is 39.9 Å². The topological polar surface area (TPSA) is 129 Å². The summed E-state index contributed by atoms with van der Waals surface area (Å²) in [6, 6.07) is 18.4. The van der Waals surface area contributed by atoms with Crippen molar-refractivity contribution in [3.63, 3.8) is 0 Å². The Labute approximate surface area is 233 Å². The molecule has 0 spiro atoms. The SMILES string of the molecule is COC[C@]12CO[C@@H](C1OP(C)(=O)O)[C@H](n1cc(C#Cc3ccc4ccc5cccc6ccc3c4c56)c(=O)[nH]c1=O)O2. The summed E-state index contributed by atoms with van der Waals surface area (Å²) in [5.41, 5.74) is -1.81. The molecule has 5 aromatic rings. The van der Waals surface area contributed by atoms with Crippen LogP contribution in [0, 0.1) is 11.8 Å². The Morgan fingerprint density at radius 3 is 2.46 bits per heavy atom. The fourth-order valence-electron chi connectivity index (χ4n) is 6.07. The van der Waals surface area contributed by atoms with E-state index < -0.39 is 42.9 Å². The van der Waals surface area contributed by atoms with Crippen molar-refractivity contribution in [2.75, 3.05) is 27.0 Å². The van der Waals surface area contributed by atoms with Crippen molar-refractivity contribution in [3.8, 4) is 11.8 Å². The Morgan fingerprint density at radius 1 is 1.05 bits per heavy atom. The number of rotatable bonds is 5. The normalized spacial score (nSPS) is 25.1. The first-order valence-electron chi connectivity index (χ1n) is 13.0. The molecule has 5 atom stereocenters. The van der Waals surface area contributed by atoms with E-state index in [1.54, 1.807) is 0 Å². The van der Waals surface area contributed by atoms with Crippen molar-refractivity contribution in [2.45, 2.75) is 24.0 Å². The van der Waals surface area contributed by atoms with Crippen molar-refractivity contribution in [3.05, 3.63) is 92.8 Å². The van der Waals surface area contributed by atoms with Crippen molar-refractivity contribution < 1.29 is 28.2 Å². The quantitative estimate of drug-likeness (QED) is 0.186. The van der Waals surface area contributed by atoms with Gasteiger partial charge in [0, 0.05) is 25.5 Å². The summed E-state index contributed by atoms with van der Waals surface area (Å²) in [7, 11) is -2.48. The molecule has 10 nitrogen and oxygen atoms in total. The number of aromatic nitrogens is 2. The number of aromatic amines is 1. The number of benzene rings is 4. The second-order valence-electron chi connectivity index (χ2n) is 10.5. The van der Waals surface area contributed by atoms with Crippen LogP contribution in [0.3, 0.4) is 0 Å². The van der Waals surface area contributed by atoms with Crippen LogP contribution in [0.15, 0.2) is 70.4 Å². The van der Waals surface area contributed by atoms with Gasteiger partial charge in [-0.15, -0.1) is 0 Å². The third kappa shape index (κ3) is 4.21. The van der Waals surface area contributed by atoms with Crippen LogP contribution in [-0.4, -0.2) is 59.2 Å². The summed E-state index contributed by atoms with van der Waals surface area (Å²) in [4.78, 5) is 37.9. The third-order valence-electron chi connectivity index (χ3n) is 7.77. The zero-order valence-corrected chi connectivity index (χ0v) is 23.0. The summed E-state index contributed by atoms with van der Waals surface area (Å²) in [6.07, 6.45) is -1.60. The molecule has 2 N–H and O–H groups in total. The Kier molecular flexibility index (Phi) is 5.96. The lowest BCUT2D eigenvalue weighted by Crippen LogP contribution is -2.46. The average Bonchev–Trinajstić information content (AvgIpc) is 3.41. The second kappa shape index (κ2) is 9.36. The van der Waals surface area contributed by atoms with Gasteiger partial charge in [-0.2, -0.15) is 0 Å². The Morgan fingerprint density at radius 2 is 1.73 bits per heavy atom. The van der Waals surface area contributed by atoms with E-state index in [9.17, 15) is 19.0 Å². The Balaban J connectivity index is 1.30. The molecular weight excluding hydrogens is 547 g/mol. The van der Waals surface area contributed by atoms with Crippen LogP contribution in [-0.2, 0) is 23.3 Å². The molecule has 7 rings (SSSR count). The van der Waals surface area contributed by atoms with Gasteiger partial charge in [0.15, 0.2) is 6.23 Å². The van der Waals surface area contributed by atoms with Crippen LogP contribution in [0.2, 0.25) is 0 Å². The molecule has 1 aromatic heterocycles. The zero-order chi connectivity index (χ0) is 28.5. The molecule has 2 unspecified atom stereocenters. The molecule has 2 bridgehead atoms. The largest absolute Gasteiger partial charge is 0.381 e. The van der Waals surface area contributed by atoms with Gasteiger partial charge in [0.2, 0.25) is 0 Å². The maximum absolute atomic E-state index is 12.9. The number of hydrogen-bond acceptors (Lipinski definition) is 7. The highest BCUT2D eigenvalue weighted by Gasteiger charge is 2.64. The molecule has 11 heteroatoms. The average molecular weight is 573 g/mol. The molecule has 2 aliphatic heterocycles. The van der Waals surface area contributed by atoms with Gasteiger partial charge in [0.1, 0.15) is 23.4 Å². The molecular formula is C30H25N2O8P. The van der Waals surface area contributed by atoms with Gasteiger partial charge in [-0.05, 0) is 38.4 Å². The molecule has 41 heavy (non-hydrogen) atoms. The molecule has 0 radical (unpaired) electrons. The van der Waals surface area contributed by atoms with Crippen molar-refractivity contribution in [1.29, 1.82) is 0 Å². The molecule has 2 aliphatic rings. The van der Waals surface area contributed by atoms with Crippen molar-refractivity contribution in [2.24, 2.45) is 0 Å². The van der Waals surface area contributed by atoms with Crippen LogP contribution < -0.4 is 11.2 Å². The first kappa shape index (κ1) is 26.1. The Hall–Kier alpha value is -3.81. The van der Waals surface area contributed by atoms with E-state index in [-0.39, 0.29) is 18.8 Å². The van der Waals surface area contributed by atoms with Gasteiger partial charge in [0.05, 0.1) is 13.2 Å². The summed E-state index contributed by atoms with van der Waals surface area (Å²) in [5.74, 6) is 6.06. The van der Waals surface area contributed by atoms with Gasteiger partial charge >= 0.3 is 13.3 Å². The molecule has 0 amide bonds. The second-order valence-corrected chi connectivity index (χ2v) is 12.4. The van der Waals surface area contributed by atoms with Gasteiger partial charge in [-0.3, -0.25) is 23.4 Å². The number of H-pyrrole nitrogens is 1. The Bertz CT molecular complexity index is 2050. The van der Waals surface area contributed by atoms with E-state index in [0.29, 0.717) is 0 Å². The summed E-state index contributed by atoms with van der Waals surface area (Å²) < 4.78 is 36.0. The lowest BCUT2D eigenvalue weighted by atomic mass is 9.92. The van der Waals surface area contributed by atoms with Crippen LogP contribution in [0.1, 0.15) is 17.4 Å². The highest BCUT2D eigenvalue weighted by Crippen LogP contribution is 2.52. The number of fused-ring (bicyclic) bond motifs is 2. The smallest absolute Gasteiger partial charge is 0.330 e. The van der Waals surface area contributed by atoms with E-state index in [1.807, 2.05) is 24.3 Å². The molecule has 2 saturated heterocycles. The van der Waals surface area contributed by atoms with E-state index in [2.05, 4.69) is 47.2 Å². The van der Waals surface area contributed by atoms with Crippen LogP contribution in [0.25, 0.3) is 32.3 Å². The first-order chi connectivity index (χ1) is 19.7. The molecule has 208 valence electrons. The number of methoxy groups -OCH3 is 1. The lowest BCUT2D eigenvalue weighted by Gasteiger charge is -2.31. The highest BCUT2D eigenvalue weighted by atomic mass is 31.2. The van der Waals surface area contributed by atoms with Gasteiger partial charge in [0.25, 0.3) is 5.56 Å². The van der Waals surface area contributed by atoms with E-state index in [1.165, 1.54) is 17.9 Å². The molecule has 0 saturated carbocycles. The van der Waals surface area contributed by atoms with E-state index in [0.717, 1.165) is 44.5 Å². The summed E-state index contributed by atoms with van der Waals surface area (Å²) >= 11 is 0. The van der Waals surface area contributed by atoms with Crippen LogP contribution in [0.5, 0.6) is 0 Å². The minimum absolute atomic E-state index is 0.00406. The van der Waals surface area contributed by atoms with Gasteiger partial charge < -0.3 is 19.1 Å². The number of nitrogens with one attached hydrogen (secondary N) is 1. The summed E-state index contributed by atoms with van der Waals surface area (Å²) in [5, 5.41) is 6.59. The third-order valence-corrected chi connectivity index (χ3v) is 8.39. The molecule has 2 fully saturated rings. The monoisotopic (exact) mass is 572 g/mol. The van der Waals surface area contributed by atoms with Crippen molar-refractivity contribution in [1.82, 2.24) is 9.55 Å². The predicted octanol–water partition coefficient (Wildman–Crippen LogP) is 3.35. The fraction of sp³-hybridized carbons (Fsp3) is 0.267. The van der Waals surface area contributed by atoms with Crippen LogP contribution >= 0.6 is 7.60 Å². The lowest BCUT2D eigenvalue weighted by molar-refractivity contribution is -0.190. The molecule has 4 aromatic carbocycles. The van der Waals surface area contributed by atoms with E-state index in [4.69, 9.17) is 18.7 Å². The van der Waals surface area contributed by atoms with Gasteiger partial charge in [-0.25, -0.2) is 4.79 Å². The minimum atomic E-state index is -3.93. The predicted molar refractivity (Wildman–Crippen MR) is 153 cm³/mol. The maximum atomic E-state index is 12.9. The number of hydrogen-bond donors (Lipinski definition) is 2. The van der Waals surface area contributed by atoms with E-state index >= 15 is 0 Å². The highest BCUT2D eigenvalue weighted by molar-refractivity contribution is 7.51. The zero-order valence-electron chi connectivity index (χ0n) is 22.1. The fourth-order valence-corrected chi connectivity index (χ4v) is 6.81. The molecule has 0 aliphatic carbocycles. The number of ether oxygens (including phenoxy) is 3. The van der Waals surface area contributed by atoms with Crippen LogP contribution in [0.4, 0.5) is 0 Å². The first-order valence-corrected chi connectivity index (χ1v) is 15.0. The number of nitrogens with zero attached hydrogens (tertiary/aromatic N) is 1. The standard InChI is InChI=1S/C30H25N2O8P/c1-37-15-30-16-38-25(26(30)40-41(2,35)36)28(39-30)32-14-21(27(33)31-29(32)34)11-7-17-6-8-20-10-9-18-4-3-5-19-12-13-22(17)24(20)23(18)19/h3-6,8-10,12-14,25-26,28H,15-16H2,1-2H3,(H,35,36)(H,31,33,34)/t25-,26?,28+,30-/m0/s1. The van der Waals surface area contributed by atoms with Gasteiger partial charge in [-0.1, -0.05) is 60.4 Å². The maximum Gasteiger partial charge on any atom is 0.330 e.